The van der Waals surface area contributed by atoms with Crippen LogP contribution in [0.15, 0.2) is 66.7 Å². The number of sulfonamides is 1. The fourth-order valence-electron chi connectivity index (χ4n) is 4.21. The third-order valence-electron chi connectivity index (χ3n) is 5.79. The van der Waals surface area contributed by atoms with Crippen LogP contribution < -0.4 is 9.62 Å². The zero-order valence-electron chi connectivity index (χ0n) is 18.1. The molecule has 0 aliphatic carbocycles. The van der Waals surface area contributed by atoms with Crippen LogP contribution in [0.3, 0.4) is 0 Å². The van der Waals surface area contributed by atoms with Gasteiger partial charge in [-0.1, -0.05) is 12.1 Å². The Morgan fingerprint density at radius 2 is 1.79 bits per heavy atom. The summed E-state index contributed by atoms with van der Waals surface area (Å²) < 4.78 is 53.5. The fourth-order valence-corrected chi connectivity index (χ4v) is 5.17. The van der Waals surface area contributed by atoms with Gasteiger partial charge in [-0.25, -0.2) is 13.4 Å². The van der Waals surface area contributed by atoms with Crippen molar-refractivity contribution in [3.8, 4) is 11.4 Å². The summed E-state index contributed by atoms with van der Waals surface area (Å²) in [7, 11) is -3.36. The van der Waals surface area contributed by atoms with E-state index in [0.29, 0.717) is 46.5 Å². The molecule has 5 rings (SSSR count). The number of aromatic nitrogens is 2. The van der Waals surface area contributed by atoms with Gasteiger partial charge in [0.15, 0.2) is 0 Å². The Labute approximate surface area is 194 Å². The number of amides is 1. The van der Waals surface area contributed by atoms with E-state index < -0.39 is 16.6 Å². The standard InChI is InChI=1S/C24H20F2N4O3S/c1-34(32,33)29-13-12-16-14-17(8-11-20(16)29)23(31)27-18-9-6-15(7-10-18)22-28-19-4-2-3-5-21(19)30(22)24(25)26/h2-11,14,24H,12-13H2,1H3,(H,27,31). The normalized spacial score (nSPS) is 13.5. The molecule has 0 fully saturated rings. The predicted octanol–water partition coefficient (Wildman–Crippen LogP) is 4.67. The van der Waals surface area contributed by atoms with Gasteiger partial charge in [0, 0.05) is 23.4 Å². The molecule has 174 valence electrons. The van der Waals surface area contributed by atoms with E-state index in [1.54, 1.807) is 66.7 Å². The Bertz CT molecular complexity index is 1520. The summed E-state index contributed by atoms with van der Waals surface area (Å²) in [5.74, 6) is -0.212. The van der Waals surface area contributed by atoms with Crippen molar-refractivity contribution in [2.45, 2.75) is 13.0 Å². The predicted molar refractivity (Wildman–Crippen MR) is 127 cm³/mol. The summed E-state index contributed by atoms with van der Waals surface area (Å²) in [5, 5.41) is 2.79. The third-order valence-corrected chi connectivity index (χ3v) is 6.97. The molecule has 1 aromatic heterocycles. The number of rotatable bonds is 5. The number of carbonyl (C=O) groups excluding carboxylic acids is 1. The number of para-hydroxylation sites is 2. The van der Waals surface area contributed by atoms with Crippen molar-refractivity contribution >= 4 is 38.3 Å². The third kappa shape index (κ3) is 3.90. The molecule has 3 aromatic carbocycles. The number of fused-ring (bicyclic) bond motifs is 2. The number of imidazole rings is 1. The Hall–Kier alpha value is -3.79. The van der Waals surface area contributed by atoms with Crippen LogP contribution in [0.1, 0.15) is 22.5 Å². The molecule has 0 saturated carbocycles. The number of nitrogens with zero attached hydrogens (tertiary/aromatic N) is 3. The van der Waals surface area contributed by atoms with Crippen LogP contribution in [-0.2, 0) is 16.4 Å². The summed E-state index contributed by atoms with van der Waals surface area (Å²) in [4.78, 5) is 17.1. The lowest BCUT2D eigenvalue weighted by Crippen LogP contribution is -2.27. The Morgan fingerprint density at radius 3 is 2.50 bits per heavy atom. The maximum absolute atomic E-state index is 13.7. The van der Waals surface area contributed by atoms with Crippen LogP contribution in [0.4, 0.5) is 20.2 Å². The zero-order chi connectivity index (χ0) is 24.0. The number of nitrogens with one attached hydrogen (secondary N) is 1. The first-order valence-corrected chi connectivity index (χ1v) is 12.3. The molecule has 10 heteroatoms. The number of hydrogen-bond donors (Lipinski definition) is 1. The van der Waals surface area contributed by atoms with Crippen molar-refractivity contribution in [3.63, 3.8) is 0 Å². The van der Waals surface area contributed by atoms with E-state index in [4.69, 9.17) is 0 Å². The first kappa shape index (κ1) is 22.0. The minimum Gasteiger partial charge on any atom is -0.322 e. The molecule has 1 amide bonds. The van der Waals surface area contributed by atoms with E-state index in [1.165, 1.54) is 4.31 Å². The molecule has 4 aromatic rings. The highest BCUT2D eigenvalue weighted by Crippen LogP contribution is 2.32. The minimum atomic E-state index is -3.36. The zero-order valence-corrected chi connectivity index (χ0v) is 18.9. The van der Waals surface area contributed by atoms with Crippen LogP contribution >= 0.6 is 0 Å². The Kier molecular flexibility index (Phi) is 5.32. The van der Waals surface area contributed by atoms with Gasteiger partial charge in [-0.2, -0.15) is 8.78 Å². The van der Waals surface area contributed by atoms with Crippen molar-refractivity contribution in [1.82, 2.24) is 9.55 Å². The van der Waals surface area contributed by atoms with Gasteiger partial charge in [0.1, 0.15) is 5.82 Å². The van der Waals surface area contributed by atoms with Gasteiger partial charge in [0.05, 0.1) is 23.0 Å². The van der Waals surface area contributed by atoms with Gasteiger partial charge in [0.2, 0.25) is 10.0 Å². The molecule has 0 radical (unpaired) electrons. The highest BCUT2D eigenvalue weighted by Gasteiger charge is 2.27. The quantitative estimate of drug-likeness (QED) is 0.448. The molecule has 1 aliphatic heterocycles. The minimum absolute atomic E-state index is 0.142. The average Bonchev–Trinajstić information content (AvgIpc) is 3.41. The number of alkyl halides is 2. The van der Waals surface area contributed by atoms with Crippen molar-refractivity contribution < 1.29 is 22.0 Å². The van der Waals surface area contributed by atoms with Gasteiger partial charge in [-0.15, -0.1) is 0 Å². The highest BCUT2D eigenvalue weighted by molar-refractivity contribution is 7.92. The number of benzene rings is 3. The van der Waals surface area contributed by atoms with Gasteiger partial charge in [-0.05, 0) is 66.6 Å². The van der Waals surface area contributed by atoms with Crippen molar-refractivity contribution in [2.24, 2.45) is 0 Å². The maximum Gasteiger partial charge on any atom is 0.320 e. The van der Waals surface area contributed by atoms with E-state index >= 15 is 0 Å². The maximum atomic E-state index is 13.7. The summed E-state index contributed by atoms with van der Waals surface area (Å²) in [6.07, 6.45) is 1.69. The molecule has 0 bridgehead atoms. The smallest absolute Gasteiger partial charge is 0.320 e. The molecule has 0 unspecified atom stereocenters. The van der Waals surface area contributed by atoms with E-state index in [-0.39, 0.29) is 11.7 Å². The second-order valence-electron chi connectivity index (χ2n) is 8.03. The average molecular weight is 483 g/mol. The molecule has 34 heavy (non-hydrogen) atoms. The molecule has 7 nitrogen and oxygen atoms in total. The van der Waals surface area contributed by atoms with Crippen LogP contribution in [0.5, 0.6) is 0 Å². The molecule has 0 saturated heterocycles. The topological polar surface area (TPSA) is 84.3 Å². The number of hydrogen-bond acceptors (Lipinski definition) is 4. The summed E-state index contributed by atoms with van der Waals surface area (Å²) in [6.45, 7) is -2.40. The van der Waals surface area contributed by atoms with E-state index in [1.807, 2.05) is 0 Å². The van der Waals surface area contributed by atoms with Gasteiger partial charge < -0.3 is 5.32 Å². The molecular weight excluding hydrogens is 462 g/mol. The van der Waals surface area contributed by atoms with Gasteiger partial charge >= 0.3 is 6.55 Å². The van der Waals surface area contributed by atoms with E-state index in [2.05, 4.69) is 10.3 Å². The lowest BCUT2D eigenvalue weighted by Gasteiger charge is -2.16. The van der Waals surface area contributed by atoms with Gasteiger partial charge in [0.25, 0.3) is 5.91 Å². The van der Waals surface area contributed by atoms with Crippen LogP contribution in [0.2, 0.25) is 0 Å². The van der Waals surface area contributed by atoms with Gasteiger partial charge in [-0.3, -0.25) is 13.7 Å². The highest BCUT2D eigenvalue weighted by atomic mass is 32.2. The Morgan fingerprint density at radius 1 is 1.06 bits per heavy atom. The fraction of sp³-hybridized carbons (Fsp3) is 0.167. The summed E-state index contributed by atoms with van der Waals surface area (Å²) in [5.41, 5.74) is 3.58. The molecule has 1 N–H and O–H groups in total. The lowest BCUT2D eigenvalue weighted by atomic mass is 10.1. The summed E-state index contributed by atoms with van der Waals surface area (Å²) >= 11 is 0. The Balaban J connectivity index is 1.37. The molecular formula is C24H20F2N4O3S. The number of halogens is 2. The number of anilines is 2. The molecule has 1 aliphatic rings. The van der Waals surface area contributed by atoms with E-state index in [9.17, 15) is 22.0 Å². The van der Waals surface area contributed by atoms with Crippen LogP contribution in [0, 0.1) is 0 Å². The molecule has 0 atom stereocenters. The summed E-state index contributed by atoms with van der Waals surface area (Å²) in [6, 6.07) is 18.1. The second-order valence-corrected chi connectivity index (χ2v) is 9.94. The SMILES string of the molecule is CS(=O)(=O)N1CCc2cc(C(=O)Nc3ccc(-c4nc5ccccc5n4C(F)F)cc3)ccc21. The van der Waals surface area contributed by atoms with Crippen LogP contribution in [-0.4, -0.2) is 36.7 Å². The number of carbonyl (C=O) groups is 1. The first-order valence-electron chi connectivity index (χ1n) is 10.5. The van der Waals surface area contributed by atoms with Crippen molar-refractivity contribution in [3.05, 3.63) is 77.9 Å². The van der Waals surface area contributed by atoms with E-state index in [0.717, 1.165) is 16.4 Å². The van der Waals surface area contributed by atoms with Crippen molar-refractivity contribution in [1.29, 1.82) is 0 Å². The van der Waals surface area contributed by atoms with Crippen molar-refractivity contribution in [2.75, 3.05) is 22.4 Å². The lowest BCUT2D eigenvalue weighted by molar-refractivity contribution is 0.0764. The monoisotopic (exact) mass is 482 g/mol. The molecule has 2 heterocycles. The second kappa shape index (κ2) is 8.21. The largest absolute Gasteiger partial charge is 0.322 e. The molecule has 0 spiro atoms. The van der Waals surface area contributed by atoms with Crippen LogP contribution in [0.25, 0.3) is 22.4 Å². The first-order chi connectivity index (χ1) is 16.2.